The molecule has 0 aliphatic carbocycles. The van der Waals surface area contributed by atoms with Gasteiger partial charge in [0.15, 0.2) is 5.04 Å². The number of nitrogens with zero attached hydrogens (tertiary/aromatic N) is 4. The van der Waals surface area contributed by atoms with Crippen LogP contribution in [0.5, 0.6) is 0 Å². The number of hydrogen-bond donors (Lipinski definition) is 0. The topological polar surface area (TPSA) is 86.7 Å². The van der Waals surface area contributed by atoms with E-state index in [-0.39, 0.29) is 11.3 Å². The molecule has 8 nitrogen and oxygen atoms in total. The molecule has 0 bridgehead atoms. The van der Waals surface area contributed by atoms with Gasteiger partial charge in [0, 0.05) is 23.3 Å². The van der Waals surface area contributed by atoms with Crippen LogP contribution in [0.1, 0.15) is 31.7 Å². The summed E-state index contributed by atoms with van der Waals surface area (Å²) in [5, 5.41) is 1.21. The van der Waals surface area contributed by atoms with Crippen molar-refractivity contribution in [1.82, 2.24) is 9.90 Å². The highest BCUT2D eigenvalue weighted by Crippen LogP contribution is 2.38. The van der Waals surface area contributed by atoms with Gasteiger partial charge in [-0.3, -0.25) is 0 Å². The summed E-state index contributed by atoms with van der Waals surface area (Å²) in [6.45, 7) is 0.508. The number of rotatable bonds is 4. The second-order valence-electron chi connectivity index (χ2n) is 5.70. The minimum absolute atomic E-state index is 0.0565. The summed E-state index contributed by atoms with van der Waals surface area (Å²) in [6.07, 6.45) is -0.389. The first-order valence-electron chi connectivity index (χ1n) is 6.59. The van der Waals surface area contributed by atoms with Crippen LogP contribution in [-0.2, 0) is 27.0 Å². The van der Waals surface area contributed by atoms with Gasteiger partial charge in [0.05, 0.1) is 7.05 Å². The quantitative estimate of drug-likeness (QED) is 0.570. The van der Waals surface area contributed by atoms with Crippen LogP contribution in [0, 0.1) is 6.92 Å². The fourth-order valence-corrected chi connectivity index (χ4v) is 3.58. The largest absolute Gasteiger partial charge is 0.429 e. The number of sulfone groups is 1. The SMILES string of the molecule is Cc1nn(C)[n+](OC(F)F)c1C(F)(F)S(=O)(=O)C1=NOC(C)(C)C1. The highest BCUT2D eigenvalue weighted by molar-refractivity contribution is 8.06. The summed E-state index contributed by atoms with van der Waals surface area (Å²) in [6, 6.07) is 0. The van der Waals surface area contributed by atoms with Crippen LogP contribution in [0.15, 0.2) is 5.16 Å². The molecule has 0 radical (unpaired) electrons. The minimum Gasteiger partial charge on any atom is -0.389 e. The Kier molecular flexibility index (Phi) is 4.27. The van der Waals surface area contributed by atoms with E-state index in [1.807, 2.05) is 0 Å². The van der Waals surface area contributed by atoms with E-state index in [0.29, 0.717) is 4.80 Å². The lowest BCUT2D eigenvalue weighted by Crippen LogP contribution is -2.57. The second kappa shape index (κ2) is 5.57. The molecule has 1 aliphatic heterocycles. The molecule has 1 aromatic heterocycles. The molecule has 13 heteroatoms. The van der Waals surface area contributed by atoms with Gasteiger partial charge < -0.3 is 4.84 Å². The van der Waals surface area contributed by atoms with Gasteiger partial charge in [-0.1, -0.05) is 5.16 Å². The third-order valence-electron chi connectivity index (χ3n) is 3.17. The van der Waals surface area contributed by atoms with Gasteiger partial charge in [0.2, 0.25) is 5.69 Å². The summed E-state index contributed by atoms with van der Waals surface area (Å²) >= 11 is 0. The predicted octanol–water partition coefficient (Wildman–Crippen LogP) is 0.644. The fraction of sp³-hybridized carbons (Fsp3) is 0.727. The Morgan fingerprint density at radius 3 is 2.46 bits per heavy atom. The summed E-state index contributed by atoms with van der Waals surface area (Å²) in [5.41, 5.74) is -2.90. The van der Waals surface area contributed by atoms with Gasteiger partial charge in [-0.2, -0.15) is 17.6 Å². The molecule has 0 spiro atoms. The van der Waals surface area contributed by atoms with E-state index in [9.17, 15) is 26.0 Å². The van der Waals surface area contributed by atoms with E-state index in [1.54, 1.807) is 0 Å². The molecule has 24 heavy (non-hydrogen) atoms. The molecule has 1 aliphatic rings. The van der Waals surface area contributed by atoms with Crippen molar-refractivity contribution in [3.8, 4) is 0 Å². The number of alkyl halides is 4. The molecule has 0 aromatic carbocycles. The standard InChI is InChI=1S/C11H15F4N4O4S/c1-6-8(19(18(4)16-6)22-9(12)13)11(14,15)24(20,21)7-5-10(2,3)23-17-7/h9H,5H2,1-4H3/q+1. The van der Waals surface area contributed by atoms with Gasteiger partial charge in [0.1, 0.15) is 5.60 Å². The van der Waals surface area contributed by atoms with Crippen molar-refractivity contribution in [1.29, 1.82) is 0 Å². The molecule has 0 saturated carbocycles. The zero-order valence-corrected chi connectivity index (χ0v) is 13.9. The van der Waals surface area contributed by atoms with Gasteiger partial charge >= 0.3 is 17.6 Å². The first-order chi connectivity index (χ1) is 10.8. The normalized spacial score (nSPS) is 17.8. The van der Waals surface area contributed by atoms with Crippen LogP contribution in [0.2, 0.25) is 0 Å². The van der Waals surface area contributed by atoms with Crippen molar-refractivity contribution in [3.63, 3.8) is 0 Å². The molecular formula is C11H15F4N4O4S+. The maximum atomic E-state index is 14.7. The Balaban J connectivity index is 2.55. The molecule has 0 saturated heterocycles. The summed E-state index contributed by atoms with van der Waals surface area (Å²) in [7, 11) is -4.29. The zero-order valence-electron chi connectivity index (χ0n) is 13.1. The first kappa shape index (κ1) is 18.4. The summed E-state index contributed by atoms with van der Waals surface area (Å²) < 4.78 is 78.9. The van der Waals surface area contributed by atoms with Crippen LogP contribution in [0.25, 0.3) is 0 Å². The van der Waals surface area contributed by atoms with Crippen molar-refractivity contribution in [2.45, 2.75) is 44.7 Å². The Bertz CT molecular complexity index is 788. The van der Waals surface area contributed by atoms with Crippen molar-refractivity contribution in [2.24, 2.45) is 12.2 Å². The molecule has 2 heterocycles. The van der Waals surface area contributed by atoms with Gasteiger partial charge in [-0.15, -0.1) is 0 Å². The molecule has 0 fully saturated rings. The van der Waals surface area contributed by atoms with Crippen LogP contribution in [0.3, 0.4) is 0 Å². The third-order valence-corrected chi connectivity index (χ3v) is 4.87. The Morgan fingerprint density at radius 1 is 1.42 bits per heavy atom. The molecular weight excluding hydrogens is 360 g/mol. The molecule has 2 rings (SSSR count). The lowest BCUT2D eigenvalue weighted by molar-refractivity contribution is -0.973. The number of halogens is 4. The maximum Gasteiger partial charge on any atom is 0.429 e. The molecule has 136 valence electrons. The van der Waals surface area contributed by atoms with Crippen molar-refractivity contribution in [2.75, 3.05) is 0 Å². The van der Waals surface area contributed by atoms with Gasteiger partial charge in [-0.05, 0) is 18.6 Å². The van der Waals surface area contributed by atoms with Crippen LogP contribution < -0.4 is 9.68 Å². The number of hydrogen-bond acceptors (Lipinski definition) is 6. The number of aromatic nitrogens is 3. The Hall–Kier alpha value is -1.92. The molecule has 1 aromatic rings. The van der Waals surface area contributed by atoms with Gasteiger partial charge in [-0.25, -0.2) is 13.3 Å². The van der Waals surface area contributed by atoms with E-state index < -0.39 is 43.7 Å². The third kappa shape index (κ3) is 2.91. The second-order valence-corrected chi connectivity index (χ2v) is 7.69. The molecule has 0 amide bonds. The average molecular weight is 375 g/mol. The van der Waals surface area contributed by atoms with Gasteiger partial charge in [0.25, 0.3) is 9.84 Å². The molecule has 0 N–H and O–H groups in total. The van der Waals surface area contributed by atoms with Crippen LogP contribution in [-0.4, -0.2) is 35.6 Å². The van der Waals surface area contributed by atoms with E-state index in [4.69, 9.17) is 4.84 Å². The van der Waals surface area contributed by atoms with Crippen LogP contribution >= 0.6 is 0 Å². The number of aryl methyl sites for hydroxylation is 2. The highest BCUT2D eigenvalue weighted by Gasteiger charge is 2.60. The smallest absolute Gasteiger partial charge is 0.389 e. The lowest BCUT2D eigenvalue weighted by Gasteiger charge is -2.16. The Morgan fingerprint density at radius 2 is 2.00 bits per heavy atom. The van der Waals surface area contributed by atoms with Crippen molar-refractivity contribution < 1.29 is 40.5 Å². The number of oxime groups is 1. The van der Waals surface area contributed by atoms with Crippen molar-refractivity contribution >= 4 is 14.9 Å². The van der Waals surface area contributed by atoms with Crippen molar-refractivity contribution in [3.05, 3.63) is 11.4 Å². The summed E-state index contributed by atoms with van der Waals surface area (Å²) in [4.78, 5) is 9.23. The minimum atomic E-state index is -5.34. The molecule has 0 atom stereocenters. The van der Waals surface area contributed by atoms with E-state index in [0.717, 1.165) is 14.0 Å². The van der Waals surface area contributed by atoms with E-state index in [1.165, 1.54) is 13.8 Å². The fourth-order valence-electron chi connectivity index (χ4n) is 2.13. The maximum absolute atomic E-state index is 14.7. The van der Waals surface area contributed by atoms with Crippen LogP contribution in [0.4, 0.5) is 17.6 Å². The predicted molar refractivity (Wildman–Crippen MR) is 70.8 cm³/mol. The average Bonchev–Trinajstić information content (AvgIpc) is 2.89. The monoisotopic (exact) mass is 375 g/mol. The molecule has 0 unspecified atom stereocenters. The highest BCUT2D eigenvalue weighted by atomic mass is 32.2. The summed E-state index contributed by atoms with van der Waals surface area (Å²) in [5.74, 6) is 0. The first-order valence-corrected chi connectivity index (χ1v) is 8.07. The Labute approximate surface area is 134 Å². The zero-order chi connectivity index (χ0) is 18.5. The lowest BCUT2D eigenvalue weighted by atomic mass is 10.1. The van der Waals surface area contributed by atoms with E-state index in [2.05, 4.69) is 15.1 Å². The van der Waals surface area contributed by atoms with E-state index >= 15 is 0 Å².